The van der Waals surface area contributed by atoms with Crippen molar-refractivity contribution in [2.75, 3.05) is 49.0 Å². The molecule has 0 aliphatic carbocycles. The molecule has 1 aliphatic heterocycles. The first-order valence-electron chi connectivity index (χ1n) is 7.01. The van der Waals surface area contributed by atoms with Crippen LogP contribution < -0.4 is 10.2 Å². The molecule has 7 nitrogen and oxygen atoms in total. The van der Waals surface area contributed by atoms with Gasteiger partial charge in [-0.05, 0) is 18.9 Å². The SMILES string of the molecule is COCCCNc1nccc(N(C)C2CCS(=O)(=O)C2)n1. The van der Waals surface area contributed by atoms with E-state index in [-0.39, 0.29) is 17.5 Å². The summed E-state index contributed by atoms with van der Waals surface area (Å²) in [6.07, 6.45) is 3.21. The minimum atomic E-state index is -2.89. The van der Waals surface area contributed by atoms with Gasteiger partial charge < -0.3 is 15.0 Å². The predicted octanol–water partition coefficient (Wildman–Crippen LogP) is 0.548. The molecule has 2 rings (SSSR count). The van der Waals surface area contributed by atoms with Gasteiger partial charge >= 0.3 is 0 Å². The maximum atomic E-state index is 11.6. The summed E-state index contributed by atoms with van der Waals surface area (Å²) in [5, 5.41) is 3.13. The molecule has 8 heteroatoms. The fraction of sp³-hybridized carbons (Fsp3) is 0.692. The van der Waals surface area contributed by atoms with E-state index in [0.717, 1.165) is 18.8 Å². The van der Waals surface area contributed by atoms with Crippen LogP contribution in [0.2, 0.25) is 0 Å². The lowest BCUT2D eigenvalue weighted by Crippen LogP contribution is -2.33. The van der Waals surface area contributed by atoms with Crippen molar-refractivity contribution in [2.24, 2.45) is 0 Å². The second kappa shape index (κ2) is 7.04. The van der Waals surface area contributed by atoms with Crippen LogP contribution in [0.1, 0.15) is 12.8 Å². The Morgan fingerprint density at radius 3 is 3.00 bits per heavy atom. The van der Waals surface area contributed by atoms with Crippen LogP contribution in [0.4, 0.5) is 11.8 Å². The van der Waals surface area contributed by atoms with E-state index in [1.54, 1.807) is 19.4 Å². The number of hydrogen-bond donors (Lipinski definition) is 1. The quantitative estimate of drug-likeness (QED) is 0.736. The largest absolute Gasteiger partial charge is 0.385 e. The molecular formula is C13H22N4O3S. The Bertz CT molecular complexity index is 564. The minimum absolute atomic E-state index is 0.00811. The highest BCUT2D eigenvalue weighted by Crippen LogP contribution is 2.21. The highest BCUT2D eigenvalue weighted by Gasteiger charge is 2.31. The summed E-state index contributed by atoms with van der Waals surface area (Å²) in [6.45, 7) is 1.42. The van der Waals surface area contributed by atoms with E-state index in [0.29, 0.717) is 19.0 Å². The lowest BCUT2D eigenvalue weighted by Gasteiger charge is -2.24. The van der Waals surface area contributed by atoms with Gasteiger partial charge in [-0.15, -0.1) is 0 Å². The maximum absolute atomic E-state index is 11.6. The molecule has 1 saturated heterocycles. The van der Waals surface area contributed by atoms with E-state index in [1.807, 2.05) is 11.9 Å². The molecule has 118 valence electrons. The van der Waals surface area contributed by atoms with Crippen molar-refractivity contribution in [3.63, 3.8) is 0 Å². The number of anilines is 2. The summed E-state index contributed by atoms with van der Waals surface area (Å²) in [6, 6.07) is 1.79. The zero-order valence-corrected chi connectivity index (χ0v) is 13.3. The van der Waals surface area contributed by atoms with Crippen molar-refractivity contribution in [1.29, 1.82) is 0 Å². The van der Waals surface area contributed by atoms with Crippen LogP contribution in [0.5, 0.6) is 0 Å². The number of nitrogens with zero attached hydrogens (tertiary/aromatic N) is 3. The number of rotatable bonds is 7. The fourth-order valence-electron chi connectivity index (χ4n) is 2.32. The normalized spacial score (nSPS) is 20.4. The number of sulfone groups is 1. The molecule has 1 N–H and O–H groups in total. The van der Waals surface area contributed by atoms with E-state index >= 15 is 0 Å². The average molecular weight is 314 g/mol. The molecule has 21 heavy (non-hydrogen) atoms. The zero-order valence-electron chi connectivity index (χ0n) is 12.4. The Labute approximate surface area is 125 Å². The highest BCUT2D eigenvalue weighted by molar-refractivity contribution is 7.91. The third-order valence-electron chi connectivity index (χ3n) is 3.57. The van der Waals surface area contributed by atoms with Crippen LogP contribution in [0.15, 0.2) is 12.3 Å². The Morgan fingerprint density at radius 1 is 1.52 bits per heavy atom. The van der Waals surface area contributed by atoms with Gasteiger partial charge in [-0.3, -0.25) is 0 Å². The van der Waals surface area contributed by atoms with Crippen molar-refractivity contribution < 1.29 is 13.2 Å². The summed E-state index contributed by atoms with van der Waals surface area (Å²) >= 11 is 0. The summed E-state index contributed by atoms with van der Waals surface area (Å²) in [4.78, 5) is 10.5. The number of aromatic nitrogens is 2. The molecular weight excluding hydrogens is 292 g/mol. The Morgan fingerprint density at radius 2 is 2.33 bits per heavy atom. The van der Waals surface area contributed by atoms with E-state index in [4.69, 9.17) is 4.74 Å². The molecule has 1 atom stereocenters. The standard InChI is InChI=1S/C13H22N4O3S/c1-17(11-5-9-21(18,19)10-11)12-4-7-15-13(16-12)14-6-3-8-20-2/h4,7,11H,3,5-6,8-10H2,1-2H3,(H,14,15,16). The van der Waals surface area contributed by atoms with Crippen LogP contribution in [0.25, 0.3) is 0 Å². The summed E-state index contributed by atoms with van der Waals surface area (Å²) in [5.41, 5.74) is 0. The number of hydrogen-bond acceptors (Lipinski definition) is 7. The van der Waals surface area contributed by atoms with Crippen molar-refractivity contribution in [3.05, 3.63) is 12.3 Å². The van der Waals surface area contributed by atoms with Crippen LogP contribution in [-0.2, 0) is 14.6 Å². The number of methoxy groups -OCH3 is 1. The topological polar surface area (TPSA) is 84.4 Å². The second-order valence-electron chi connectivity index (χ2n) is 5.18. The molecule has 2 heterocycles. The maximum Gasteiger partial charge on any atom is 0.224 e. The highest BCUT2D eigenvalue weighted by atomic mass is 32.2. The number of nitrogens with one attached hydrogen (secondary N) is 1. The predicted molar refractivity (Wildman–Crippen MR) is 82.5 cm³/mol. The Balaban J connectivity index is 1.96. The van der Waals surface area contributed by atoms with E-state index in [2.05, 4.69) is 15.3 Å². The molecule has 0 radical (unpaired) electrons. The first kappa shape index (κ1) is 16.0. The third kappa shape index (κ3) is 4.53. The van der Waals surface area contributed by atoms with Gasteiger partial charge in [0.05, 0.1) is 11.5 Å². The minimum Gasteiger partial charge on any atom is -0.385 e. The average Bonchev–Trinajstić information content (AvgIpc) is 2.83. The van der Waals surface area contributed by atoms with Crippen LogP contribution >= 0.6 is 0 Å². The first-order valence-corrected chi connectivity index (χ1v) is 8.83. The molecule has 0 bridgehead atoms. The van der Waals surface area contributed by atoms with E-state index in [9.17, 15) is 8.42 Å². The third-order valence-corrected chi connectivity index (χ3v) is 5.32. The van der Waals surface area contributed by atoms with Gasteiger partial charge in [-0.1, -0.05) is 0 Å². The molecule has 0 spiro atoms. The molecule has 1 unspecified atom stereocenters. The van der Waals surface area contributed by atoms with Crippen molar-refractivity contribution in [3.8, 4) is 0 Å². The summed E-state index contributed by atoms with van der Waals surface area (Å²) < 4.78 is 28.1. The molecule has 0 aromatic carbocycles. The van der Waals surface area contributed by atoms with Gasteiger partial charge in [0.1, 0.15) is 5.82 Å². The molecule has 1 fully saturated rings. The molecule has 1 aliphatic rings. The molecule has 1 aromatic heterocycles. The summed E-state index contributed by atoms with van der Waals surface area (Å²) in [5.74, 6) is 1.75. The molecule has 0 saturated carbocycles. The smallest absolute Gasteiger partial charge is 0.224 e. The van der Waals surface area contributed by atoms with Gasteiger partial charge in [-0.25, -0.2) is 13.4 Å². The van der Waals surface area contributed by atoms with Gasteiger partial charge in [0.2, 0.25) is 5.95 Å². The summed E-state index contributed by atoms with van der Waals surface area (Å²) in [7, 11) is 0.652. The lowest BCUT2D eigenvalue weighted by molar-refractivity contribution is 0.197. The zero-order chi connectivity index (χ0) is 15.3. The van der Waals surface area contributed by atoms with Gasteiger partial charge in [0.15, 0.2) is 9.84 Å². The van der Waals surface area contributed by atoms with Crippen LogP contribution in [-0.4, -0.2) is 63.2 Å². The molecule has 0 amide bonds. The van der Waals surface area contributed by atoms with Crippen molar-refractivity contribution in [1.82, 2.24) is 9.97 Å². The Kier molecular flexibility index (Phi) is 5.35. The Hall–Kier alpha value is -1.41. The van der Waals surface area contributed by atoms with Gasteiger partial charge in [0.25, 0.3) is 0 Å². The van der Waals surface area contributed by atoms with Crippen LogP contribution in [0, 0.1) is 0 Å². The van der Waals surface area contributed by atoms with Gasteiger partial charge in [0, 0.05) is 39.5 Å². The fourth-order valence-corrected chi connectivity index (χ4v) is 4.09. The van der Waals surface area contributed by atoms with E-state index in [1.165, 1.54) is 0 Å². The van der Waals surface area contributed by atoms with Crippen molar-refractivity contribution in [2.45, 2.75) is 18.9 Å². The van der Waals surface area contributed by atoms with Crippen LogP contribution in [0.3, 0.4) is 0 Å². The van der Waals surface area contributed by atoms with Gasteiger partial charge in [-0.2, -0.15) is 4.98 Å². The number of ether oxygens (including phenoxy) is 1. The first-order chi connectivity index (χ1) is 10.0. The second-order valence-corrected chi connectivity index (χ2v) is 7.41. The lowest BCUT2D eigenvalue weighted by atomic mass is 10.2. The molecule has 1 aromatic rings. The van der Waals surface area contributed by atoms with Crippen molar-refractivity contribution >= 4 is 21.6 Å². The van der Waals surface area contributed by atoms with E-state index < -0.39 is 9.84 Å². The monoisotopic (exact) mass is 314 g/mol.